The Morgan fingerprint density at radius 2 is 1.80 bits per heavy atom. The topological polar surface area (TPSA) is 46.2 Å². The third kappa shape index (κ3) is 4.17. The van der Waals surface area contributed by atoms with E-state index >= 15 is 0 Å². The summed E-state index contributed by atoms with van der Waals surface area (Å²) in [5, 5.41) is 2.63. The van der Waals surface area contributed by atoms with E-state index in [1.165, 1.54) is 24.3 Å². The predicted molar refractivity (Wildman–Crippen MR) is 116 cm³/mol. The zero-order valence-corrected chi connectivity index (χ0v) is 16.5. The molecule has 3 aromatic rings. The van der Waals surface area contributed by atoms with Gasteiger partial charge < -0.3 is 5.32 Å². The van der Waals surface area contributed by atoms with E-state index < -0.39 is 17.5 Å². The number of hydrogen-bond acceptors (Lipinski definition) is 2. The molecule has 0 fully saturated rings. The molecule has 3 aromatic carbocycles. The third-order valence-corrected chi connectivity index (χ3v) is 4.91. The summed E-state index contributed by atoms with van der Waals surface area (Å²) < 4.78 is 13.4. The molecule has 0 aromatic heterocycles. The Morgan fingerprint density at radius 1 is 1.00 bits per heavy atom. The van der Waals surface area contributed by atoms with Crippen LogP contribution in [0.3, 0.4) is 0 Å². The largest absolute Gasteiger partial charge is 0.321 e. The average molecular weight is 416 g/mol. The van der Waals surface area contributed by atoms with E-state index in [0.717, 1.165) is 5.56 Å². The molecule has 0 spiro atoms. The minimum absolute atomic E-state index is 0.0421. The van der Waals surface area contributed by atoms with Crippen LogP contribution >= 0.6 is 11.6 Å². The van der Waals surface area contributed by atoms with Crippen LogP contribution in [0.4, 0.5) is 10.1 Å². The number of benzene rings is 3. The van der Waals surface area contributed by atoms with Crippen LogP contribution in [0, 0.1) is 17.7 Å². The molecule has 4 rings (SSSR count). The Labute approximate surface area is 178 Å². The first-order chi connectivity index (χ1) is 14.5. The van der Waals surface area contributed by atoms with Crippen molar-refractivity contribution in [3.05, 3.63) is 105 Å². The first-order valence-corrected chi connectivity index (χ1v) is 9.59. The van der Waals surface area contributed by atoms with E-state index in [4.69, 9.17) is 11.6 Å². The molecular weight excluding hydrogens is 401 g/mol. The molecule has 1 amide bonds. The van der Waals surface area contributed by atoms with Gasteiger partial charge in [0.2, 0.25) is 5.78 Å². The number of rotatable bonds is 2. The smallest absolute Gasteiger partial charge is 0.259 e. The highest BCUT2D eigenvalue weighted by Gasteiger charge is 2.28. The average Bonchev–Trinajstić information content (AvgIpc) is 2.75. The van der Waals surface area contributed by atoms with Gasteiger partial charge in [0.05, 0.1) is 16.3 Å². The summed E-state index contributed by atoms with van der Waals surface area (Å²) in [5.74, 6) is 4.66. The number of carbonyl (C=O) groups excluding carboxylic acids is 2. The second-order valence-electron chi connectivity index (χ2n) is 6.74. The molecule has 0 radical (unpaired) electrons. The molecule has 1 aliphatic heterocycles. The lowest BCUT2D eigenvalue weighted by Gasteiger charge is -2.18. The molecule has 0 bridgehead atoms. The van der Waals surface area contributed by atoms with Crippen LogP contribution in [0.15, 0.2) is 72.3 Å². The highest BCUT2D eigenvalue weighted by Crippen LogP contribution is 2.28. The van der Waals surface area contributed by atoms with E-state index in [0.29, 0.717) is 28.8 Å². The Balaban J connectivity index is 1.62. The predicted octanol–water partition coefficient (Wildman–Crippen LogP) is 5.29. The van der Waals surface area contributed by atoms with Crippen molar-refractivity contribution < 1.29 is 14.0 Å². The molecule has 0 atom stereocenters. The third-order valence-electron chi connectivity index (χ3n) is 4.62. The van der Waals surface area contributed by atoms with Crippen molar-refractivity contribution >= 4 is 35.1 Å². The maximum Gasteiger partial charge on any atom is 0.259 e. The van der Waals surface area contributed by atoms with Crippen LogP contribution in [-0.2, 0) is 11.2 Å². The summed E-state index contributed by atoms with van der Waals surface area (Å²) >= 11 is 5.79. The maximum absolute atomic E-state index is 13.4. The summed E-state index contributed by atoms with van der Waals surface area (Å²) in [6.45, 7) is 0. The fourth-order valence-corrected chi connectivity index (χ4v) is 3.29. The van der Waals surface area contributed by atoms with Gasteiger partial charge in [-0.2, -0.15) is 0 Å². The number of carbonyl (C=O) groups is 2. The normalized spacial score (nSPS) is 14.0. The van der Waals surface area contributed by atoms with Gasteiger partial charge in [-0.3, -0.25) is 9.59 Å². The molecule has 0 saturated heterocycles. The van der Waals surface area contributed by atoms with Crippen molar-refractivity contribution in [2.45, 2.75) is 6.42 Å². The number of amides is 1. The summed E-state index contributed by atoms with van der Waals surface area (Å²) in [5.41, 5.74) is 3.00. The molecule has 0 saturated carbocycles. The van der Waals surface area contributed by atoms with Gasteiger partial charge in [-0.25, -0.2) is 4.39 Å². The number of halogens is 2. The van der Waals surface area contributed by atoms with Crippen molar-refractivity contribution in [2.75, 3.05) is 5.32 Å². The monoisotopic (exact) mass is 415 g/mol. The first kappa shape index (κ1) is 19.6. The van der Waals surface area contributed by atoms with Crippen molar-refractivity contribution in [1.82, 2.24) is 0 Å². The molecule has 3 nitrogen and oxygen atoms in total. The minimum Gasteiger partial charge on any atom is -0.321 e. The van der Waals surface area contributed by atoms with Gasteiger partial charge in [0, 0.05) is 17.5 Å². The van der Waals surface area contributed by atoms with Gasteiger partial charge in [0.1, 0.15) is 5.82 Å². The number of ketones is 1. The first-order valence-electron chi connectivity index (χ1n) is 9.21. The molecule has 146 valence electrons. The molecule has 30 heavy (non-hydrogen) atoms. The Kier molecular flexibility index (Phi) is 5.47. The Bertz CT molecular complexity index is 1250. The second-order valence-corrected chi connectivity index (χ2v) is 7.15. The lowest BCUT2D eigenvalue weighted by atomic mass is 9.93. The standard InChI is InChI=1S/C25H15ClFNO2/c26-21-15-18(9-11-22(21)27)14-20-24(29)19-13-17(10-12-23(19)28-25(20)30)8-4-7-16-5-2-1-3-6-16/h1-3,5-6,9-15H,7H2,(H,28,30)/b20-14+. The van der Waals surface area contributed by atoms with Gasteiger partial charge in [-0.1, -0.05) is 59.8 Å². The fourth-order valence-electron chi connectivity index (χ4n) is 3.10. The van der Waals surface area contributed by atoms with Gasteiger partial charge >= 0.3 is 0 Å². The number of fused-ring (bicyclic) bond motifs is 1. The van der Waals surface area contributed by atoms with Crippen LogP contribution in [0.5, 0.6) is 0 Å². The van der Waals surface area contributed by atoms with Crippen LogP contribution in [0.1, 0.15) is 27.0 Å². The van der Waals surface area contributed by atoms with Crippen LogP contribution < -0.4 is 5.32 Å². The van der Waals surface area contributed by atoms with E-state index in [2.05, 4.69) is 17.2 Å². The molecule has 0 unspecified atom stereocenters. The molecule has 5 heteroatoms. The van der Waals surface area contributed by atoms with Crippen LogP contribution in [0.2, 0.25) is 5.02 Å². The molecule has 1 N–H and O–H groups in total. The van der Waals surface area contributed by atoms with E-state index in [-0.39, 0.29) is 10.6 Å². The van der Waals surface area contributed by atoms with Gasteiger partial charge in [0.15, 0.2) is 0 Å². The van der Waals surface area contributed by atoms with Gasteiger partial charge in [0.25, 0.3) is 5.91 Å². The number of Topliss-reactive ketones (excluding diaryl/α,β-unsaturated/α-hetero) is 1. The number of anilines is 1. The zero-order chi connectivity index (χ0) is 21.1. The highest BCUT2D eigenvalue weighted by atomic mass is 35.5. The fraction of sp³-hybridized carbons (Fsp3) is 0.0400. The van der Waals surface area contributed by atoms with Crippen LogP contribution in [-0.4, -0.2) is 11.7 Å². The number of nitrogens with one attached hydrogen (secondary N) is 1. The molecule has 0 aliphatic carbocycles. The van der Waals surface area contributed by atoms with E-state index in [9.17, 15) is 14.0 Å². The quantitative estimate of drug-likeness (QED) is 0.351. The van der Waals surface area contributed by atoms with E-state index in [1.54, 1.807) is 18.2 Å². The summed E-state index contributed by atoms with van der Waals surface area (Å²) in [6, 6.07) is 19.0. The van der Waals surface area contributed by atoms with Crippen molar-refractivity contribution in [2.24, 2.45) is 0 Å². The molecule has 1 heterocycles. The maximum atomic E-state index is 13.4. The van der Waals surface area contributed by atoms with Crippen molar-refractivity contribution in [1.29, 1.82) is 0 Å². The second kappa shape index (κ2) is 8.36. The SMILES string of the molecule is O=C1Nc2ccc(C#CCc3ccccc3)cc2C(=O)/C1=C\c1ccc(F)c(Cl)c1. The highest BCUT2D eigenvalue weighted by molar-refractivity contribution is 6.36. The Morgan fingerprint density at radius 3 is 2.57 bits per heavy atom. The van der Waals surface area contributed by atoms with Crippen molar-refractivity contribution in [3.63, 3.8) is 0 Å². The molecule has 1 aliphatic rings. The van der Waals surface area contributed by atoms with Gasteiger partial charge in [-0.05, 0) is 47.5 Å². The summed E-state index contributed by atoms with van der Waals surface area (Å²) in [6.07, 6.45) is 2.00. The minimum atomic E-state index is -0.567. The number of hydrogen-bond donors (Lipinski definition) is 1. The summed E-state index contributed by atoms with van der Waals surface area (Å²) in [7, 11) is 0. The lowest BCUT2D eigenvalue weighted by Crippen LogP contribution is -2.27. The summed E-state index contributed by atoms with van der Waals surface area (Å²) in [4.78, 5) is 25.3. The van der Waals surface area contributed by atoms with Gasteiger partial charge in [-0.15, -0.1) is 0 Å². The van der Waals surface area contributed by atoms with Crippen LogP contribution in [0.25, 0.3) is 6.08 Å². The molecular formula is C25H15ClFNO2. The van der Waals surface area contributed by atoms with E-state index in [1.807, 2.05) is 30.3 Å². The zero-order valence-electron chi connectivity index (χ0n) is 15.7. The van der Waals surface area contributed by atoms with Crippen molar-refractivity contribution in [3.8, 4) is 11.8 Å². The lowest BCUT2D eigenvalue weighted by molar-refractivity contribution is -0.112. The Hall–Kier alpha value is -3.68.